The van der Waals surface area contributed by atoms with Gasteiger partial charge in [0.05, 0.1) is 12.1 Å². The number of benzene rings is 3. The van der Waals surface area contributed by atoms with E-state index < -0.39 is 18.0 Å². The van der Waals surface area contributed by atoms with Crippen molar-refractivity contribution in [3.8, 4) is 5.75 Å². The molecule has 0 aliphatic carbocycles. The number of carboxylic acid groups (broad SMARTS) is 2. The number of nitrogens with zero attached hydrogens (tertiary/aromatic N) is 3. The Morgan fingerprint density at radius 3 is 2.34 bits per heavy atom. The highest BCUT2D eigenvalue weighted by atomic mass is 32.2. The summed E-state index contributed by atoms with van der Waals surface area (Å²) in [4.78, 5) is 23.4. The molecule has 0 amide bonds. The Hall–Kier alpha value is -4.11. The number of rotatable bonds is 13. The number of ether oxygens (including phenoxy) is 1. The molecule has 2 N–H and O–H groups in total. The van der Waals surface area contributed by atoms with E-state index in [1.807, 2.05) is 30.3 Å². The molecule has 1 unspecified atom stereocenters. The van der Waals surface area contributed by atoms with Gasteiger partial charge in [-0.1, -0.05) is 85.8 Å². The van der Waals surface area contributed by atoms with Crippen molar-refractivity contribution in [2.24, 2.45) is 0 Å². The second-order valence-electron chi connectivity index (χ2n) is 8.73. The van der Waals surface area contributed by atoms with Crippen LogP contribution in [0, 0.1) is 0 Å². The Morgan fingerprint density at radius 1 is 0.947 bits per heavy atom. The summed E-state index contributed by atoms with van der Waals surface area (Å²) in [5.74, 6) is -0.226. The average molecular weight is 532 g/mol. The van der Waals surface area contributed by atoms with E-state index in [0.717, 1.165) is 36.2 Å². The smallest absolute Gasteiger partial charge is 0.349 e. The first kappa shape index (κ1) is 26.9. The number of thioether (sulfide) groups is 1. The monoisotopic (exact) mass is 531 g/mol. The fraction of sp³-hybridized carbons (Fsp3) is 0.241. The van der Waals surface area contributed by atoms with Gasteiger partial charge in [-0.25, -0.2) is 9.59 Å². The third-order valence-electron chi connectivity index (χ3n) is 6.00. The van der Waals surface area contributed by atoms with E-state index in [1.165, 1.54) is 11.8 Å². The van der Waals surface area contributed by atoms with Crippen molar-refractivity contribution < 1.29 is 24.5 Å². The van der Waals surface area contributed by atoms with Crippen LogP contribution in [-0.4, -0.2) is 36.9 Å². The van der Waals surface area contributed by atoms with E-state index in [2.05, 4.69) is 21.7 Å². The minimum absolute atomic E-state index is 0.281. The lowest BCUT2D eigenvalue weighted by Crippen LogP contribution is -2.18. The summed E-state index contributed by atoms with van der Waals surface area (Å²) in [5, 5.41) is 28.7. The van der Waals surface area contributed by atoms with Crippen LogP contribution in [0.15, 0.2) is 84.0 Å². The number of aryl methyl sites for hydroxylation is 1. The summed E-state index contributed by atoms with van der Waals surface area (Å²) in [5.41, 5.74) is 2.56. The summed E-state index contributed by atoms with van der Waals surface area (Å²) in [6, 6.07) is 23.1. The van der Waals surface area contributed by atoms with Crippen molar-refractivity contribution in [2.45, 2.75) is 49.7 Å². The van der Waals surface area contributed by atoms with Crippen molar-refractivity contribution in [1.82, 2.24) is 14.8 Å². The maximum absolute atomic E-state index is 11.8. The number of unbranched alkanes of at least 4 members (excludes halogenated alkanes) is 1. The van der Waals surface area contributed by atoms with Gasteiger partial charge in [0.2, 0.25) is 6.10 Å². The Morgan fingerprint density at radius 2 is 1.66 bits per heavy atom. The summed E-state index contributed by atoms with van der Waals surface area (Å²) < 4.78 is 7.85. The highest BCUT2D eigenvalue weighted by Gasteiger charge is 2.22. The van der Waals surface area contributed by atoms with Crippen molar-refractivity contribution in [2.75, 3.05) is 0 Å². The standard InChI is InChI=1S/C29H29N3O5S/c1-2-3-13-25-30-31-29(38-19-22-11-7-8-12-24(22)27(33)34)32(25)18-20-14-16-23(17-15-20)37-26(28(35)36)21-9-5-4-6-10-21/h4-12,14-17,26H,2-3,13,18-19H2,1H3,(H,33,34)(H,35,36). The van der Waals surface area contributed by atoms with E-state index in [0.29, 0.717) is 28.8 Å². The molecule has 3 aromatic carbocycles. The van der Waals surface area contributed by atoms with Crippen LogP contribution in [0.3, 0.4) is 0 Å². The second-order valence-corrected chi connectivity index (χ2v) is 9.67. The highest BCUT2D eigenvalue weighted by Crippen LogP contribution is 2.27. The molecule has 4 aromatic rings. The van der Waals surface area contributed by atoms with Gasteiger partial charge in [0.25, 0.3) is 0 Å². The van der Waals surface area contributed by atoms with Gasteiger partial charge in [-0.3, -0.25) is 0 Å². The zero-order chi connectivity index (χ0) is 26.9. The van der Waals surface area contributed by atoms with Crippen LogP contribution in [0.2, 0.25) is 0 Å². The molecular formula is C29H29N3O5S. The SMILES string of the molecule is CCCCc1nnc(SCc2ccccc2C(=O)O)n1Cc1ccc(OC(C(=O)O)c2ccccc2)cc1. The van der Waals surface area contributed by atoms with Crippen molar-refractivity contribution in [3.63, 3.8) is 0 Å². The Kier molecular flexibility index (Phi) is 9.16. The molecule has 0 bridgehead atoms. The first-order valence-electron chi connectivity index (χ1n) is 12.4. The molecule has 0 fully saturated rings. The minimum atomic E-state index is -1.10. The molecule has 0 saturated heterocycles. The largest absolute Gasteiger partial charge is 0.478 e. The average Bonchev–Trinajstić information content (AvgIpc) is 3.31. The van der Waals surface area contributed by atoms with Crippen molar-refractivity contribution in [3.05, 3.63) is 107 Å². The molecular weight excluding hydrogens is 502 g/mol. The van der Waals surface area contributed by atoms with Gasteiger partial charge in [0.15, 0.2) is 5.16 Å². The minimum Gasteiger partial charge on any atom is -0.478 e. The van der Waals surface area contributed by atoms with Gasteiger partial charge >= 0.3 is 11.9 Å². The van der Waals surface area contributed by atoms with Crippen LogP contribution in [0.4, 0.5) is 0 Å². The van der Waals surface area contributed by atoms with Crippen LogP contribution in [0.1, 0.15) is 58.7 Å². The lowest BCUT2D eigenvalue weighted by atomic mass is 10.1. The third-order valence-corrected chi connectivity index (χ3v) is 7.01. The quantitative estimate of drug-likeness (QED) is 0.206. The molecule has 1 heterocycles. The maximum Gasteiger partial charge on any atom is 0.349 e. The van der Waals surface area contributed by atoms with E-state index >= 15 is 0 Å². The van der Waals surface area contributed by atoms with Gasteiger partial charge in [0.1, 0.15) is 11.6 Å². The topological polar surface area (TPSA) is 115 Å². The molecule has 9 heteroatoms. The molecule has 0 aliphatic heterocycles. The Bertz CT molecular complexity index is 1370. The number of carboxylic acids is 2. The predicted octanol–water partition coefficient (Wildman–Crippen LogP) is 5.86. The van der Waals surface area contributed by atoms with Gasteiger partial charge in [-0.15, -0.1) is 10.2 Å². The van der Waals surface area contributed by atoms with E-state index in [4.69, 9.17) is 4.74 Å². The molecule has 0 aliphatic rings. The number of carbonyl (C=O) groups is 2. The normalized spacial score (nSPS) is 11.7. The van der Waals surface area contributed by atoms with Gasteiger partial charge in [-0.2, -0.15) is 0 Å². The van der Waals surface area contributed by atoms with E-state index in [1.54, 1.807) is 48.5 Å². The van der Waals surface area contributed by atoms with Crippen LogP contribution < -0.4 is 4.74 Å². The first-order chi connectivity index (χ1) is 18.5. The molecule has 8 nitrogen and oxygen atoms in total. The van der Waals surface area contributed by atoms with Crippen LogP contribution >= 0.6 is 11.8 Å². The molecule has 4 rings (SSSR count). The summed E-state index contributed by atoms with van der Waals surface area (Å²) in [6.07, 6.45) is 1.69. The zero-order valence-corrected chi connectivity index (χ0v) is 21.8. The number of aromatic nitrogens is 3. The van der Waals surface area contributed by atoms with Crippen molar-refractivity contribution >= 4 is 23.7 Å². The lowest BCUT2D eigenvalue weighted by molar-refractivity contribution is -0.145. The summed E-state index contributed by atoms with van der Waals surface area (Å²) >= 11 is 1.45. The summed E-state index contributed by atoms with van der Waals surface area (Å²) in [7, 11) is 0. The van der Waals surface area contributed by atoms with Gasteiger partial charge in [-0.05, 0) is 35.7 Å². The molecule has 196 valence electrons. The Labute approximate surface area is 225 Å². The predicted molar refractivity (Wildman–Crippen MR) is 145 cm³/mol. The molecule has 0 spiro atoms. The first-order valence-corrected chi connectivity index (χ1v) is 13.3. The maximum atomic E-state index is 11.8. The molecule has 1 atom stereocenters. The fourth-order valence-corrected chi connectivity index (χ4v) is 4.94. The van der Waals surface area contributed by atoms with E-state index in [-0.39, 0.29) is 5.56 Å². The van der Waals surface area contributed by atoms with Gasteiger partial charge in [0, 0.05) is 17.7 Å². The summed E-state index contributed by atoms with van der Waals surface area (Å²) in [6.45, 7) is 2.65. The number of hydrogen-bond donors (Lipinski definition) is 2. The van der Waals surface area contributed by atoms with Crippen molar-refractivity contribution in [1.29, 1.82) is 0 Å². The second kappa shape index (κ2) is 12.9. The van der Waals surface area contributed by atoms with Crippen LogP contribution in [-0.2, 0) is 23.5 Å². The fourth-order valence-electron chi connectivity index (χ4n) is 3.98. The molecule has 0 saturated carbocycles. The Balaban J connectivity index is 1.51. The number of hydrogen-bond acceptors (Lipinski definition) is 6. The van der Waals surface area contributed by atoms with Crippen LogP contribution in [0.5, 0.6) is 5.75 Å². The highest BCUT2D eigenvalue weighted by molar-refractivity contribution is 7.98. The van der Waals surface area contributed by atoms with E-state index in [9.17, 15) is 19.8 Å². The number of aliphatic carboxylic acids is 1. The molecule has 1 aromatic heterocycles. The molecule has 0 radical (unpaired) electrons. The third kappa shape index (κ3) is 6.80. The lowest BCUT2D eigenvalue weighted by Gasteiger charge is -2.16. The molecule has 38 heavy (non-hydrogen) atoms. The van der Waals surface area contributed by atoms with Crippen LogP contribution in [0.25, 0.3) is 0 Å². The zero-order valence-electron chi connectivity index (χ0n) is 21.0. The van der Waals surface area contributed by atoms with Gasteiger partial charge < -0.3 is 19.5 Å². The number of aromatic carboxylic acids is 1.